The van der Waals surface area contributed by atoms with Gasteiger partial charge < -0.3 is 49.3 Å². The Balaban J connectivity index is 0.900. The molecule has 2 aromatic carbocycles. The summed E-state index contributed by atoms with van der Waals surface area (Å²) in [6, 6.07) is 13.6. The van der Waals surface area contributed by atoms with Gasteiger partial charge in [0.05, 0.1) is 83.9 Å². The van der Waals surface area contributed by atoms with Gasteiger partial charge >= 0.3 is 12.2 Å². The van der Waals surface area contributed by atoms with E-state index in [9.17, 15) is 19.2 Å². The van der Waals surface area contributed by atoms with Crippen molar-refractivity contribution in [3.05, 3.63) is 88.1 Å². The highest BCUT2D eigenvalue weighted by Crippen LogP contribution is 2.54. The van der Waals surface area contributed by atoms with Gasteiger partial charge in [0, 0.05) is 34.0 Å². The fourth-order valence-corrected chi connectivity index (χ4v) is 13.1. The van der Waals surface area contributed by atoms with Crippen molar-refractivity contribution in [2.75, 3.05) is 20.8 Å². The molecular weight excluding hydrogens is 966 g/mol. The van der Waals surface area contributed by atoms with E-state index >= 15 is 4.39 Å². The predicted molar refractivity (Wildman–Crippen MR) is 276 cm³/mol. The van der Waals surface area contributed by atoms with Crippen molar-refractivity contribution in [2.45, 2.75) is 135 Å². The zero-order valence-electron chi connectivity index (χ0n) is 42.9. The second kappa shape index (κ2) is 19.5. The Kier molecular flexibility index (Phi) is 13.1. The Labute approximate surface area is 432 Å². The van der Waals surface area contributed by atoms with Gasteiger partial charge in [0.25, 0.3) is 0 Å². The van der Waals surface area contributed by atoms with Gasteiger partial charge in [-0.3, -0.25) is 14.2 Å². The predicted octanol–water partition coefficient (Wildman–Crippen LogP) is 9.99. The largest absolute Gasteiger partial charge is 0.464 e. The van der Waals surface area contributed by atoms with Crippen LogP contribution in [-0.4, -0.2) is 109 Å². The van der Waals surface area contributed by atoms with E-state index in [1.54, 1.807) is 28.6 Å². The number of nitrogens with one attached hydrogen (secondary N) is 4. The number of likely N-dealkylation sites (tertiary alicyclic amines) is 2. The van der Waals surface area contributed by atoms with Gasteiger partial charge in [-0.2, -0.15) is 0 Å². The zero-order valence-corrected chi connectivity index (χ0v) is 43.8. The van der Waals surface area contributed by atoms with E-state index in [4.69, 9.17) is 28.9 Å². The molecule has 1 saturated carbocycles. The minimum Gasteiger partial charge on any atom is -0.464 e. The van der Waals surface area contributed by atoms with E-state index in [0.29, 0.717) is 77.6 Å². The number of benzene rings is 2. The number of rotatable bonds is 12. The quantitative estimate of drug-likeness (QED) is 0.0915. The molecule has 0 spiro atoms. The summed E-state index contributed by atoms with van der Waals surface area (Å²) in [7, 11) is 2.58. The van der Waals surface area contributed by atoms with Crippen LogP contribution in [0.15, 0.2) is 60.9 Å². The summed E-state index contributed by atoms with van der Waals surface area (Å²) in [6.45, 7) is 12.6. The third-order valence-corrected chi connectivity index (χ3v) is 17.2. The lowest BCUT2D eigenvalue weighted by molar-refractivity contribution is -0.140. The Bertz CT molecular complexity index is 3130. The van der Waals surface area contributed by atoms with Crippen molar-refractivity contribution in [1.29, 1.82) is 0 Å². The molecule has 390 valence electrons. The summed E-state index contributed by atoms with van der Waals surface area (Å²) < 4.78 is 41.8. The minimum atomic E-state index is -0.774. The molecule has 8 heterocycles. The highest BCUT2D eigenvalue weighted by molar-refractivity contribution is 7.12. The SMILES string of the molecule is COC(=O)NC(C(=O)N1[C@@H]2C[C@@H]2C[C@H]1c1ncc(-c2ccc3c(c2)cc2n3C(c3ccc(C(C)C)s3)Oc3cc(-c4cnc([C@@H]5CCCN5C(=O)[C@@H](NC(=O)OC)C(C)C)[nH]4)cc(F)c3-2)[nH]1)C1C[C@@H](C)O[C@@H](C)C1. The van der Waals surface area contributed by atoms with Crippen LogP contribution < -0.4 is 15.4 Å². The minimum absolute atomic E-state index is 0.0482. The summed E-state index contributed by atoms with van der Waals surface area (Å²) in [6.07, 6.45) is 5.88. The zero-order chi connectivity index (χ0) is 51.9. The molecule has 11 rings (SSSR count). The molecule has 17 nitrogen and oxygen atoms in total. The number of aromatic amines is 2. The summed E-state index contributed by atoms with van der Waals surface area (Å²) in [5, 5.41) is 6.47. The smallest absolute Gasteiger partial charge is 0.407 e. The maximum atomic E-state index is 17.0. The Morgan fingerprint density at radius 3 is 2.22 bits per heavy atom. The van der Waals surface area contributed by atoms with Gasteiger partial charge in [-0.05, 0) is 119 Å². The van der Waals surface area contributed by atoms with Crippen LogP contribution in [0.4, 0.5) is 14.0 Å². The molecule has 4 aliphatic heterocycles. The maximum absolute atomic E-state index is 17.0. The van der Waals surface area contributed by atoms with Gasteiger partial charge in [0.15, 0.2) is 0 Å². The molecule has 74 heavy (non-hydrogen) atoms. The Hall–Kier alpha value is -6.73. The van der Waals surface area contributed by atoms with Gasteiger partial charge in [0.1, 0.15) is 35.3 Å². The molecule has 3 saturated heterocycles. The number of piperidine rings is 1. The molecular formula is C55H64FN9O8S. The van der Waals surface area contributed by atoms with Crippen LogP contribution in [0.2, 0.25) is 0 Å². The van der Waals surface area contributed by atoms with Crippen molar-refractivity contribution in [3.8, 4) is 39.5 Å². The summed E-state index contributed by atoms with van der Waals surface area (Å²) >= 11 is 1.67. The highest BCUT2D eigenvalue weighted by atomic mass is 32.1. The van der Waals surface area contributed by atoms with E-state index in [1.165, 1.54) is 25.2 Å². The number of thiophene rings is 1. The van der Waals surface area contributed by atoms with Gasteiger partial charge in [0.2, 0.25) is 18.0 Å². The van der Waals surface area contributed by atoms with Crippen LogP contribution in [0.1, 0.15) is 126 Å². The molecule has 1 aliphatic carbocycles. The molecule has 3 unspecified atom stereocenters. The number of carbonyl (C=O) groups excluding carboxylic acids is 4. The molecule has 19 heteroatoms. The molecule has 4 fully saturated rings. The first-order valence-electron chi connectivity index (χ1n) is 25.9. The third kappa shape index (κ3) is 8.98. The lowest BCUT2D eigenvalue weighted by Crippen LogP contribution is -2.55. The number of imidazole rings is 2. The number of nitrogens with zero attached hydrogens (tertiary/aromatic N) is 5. The number of amides is 4. The molecule has 0 bridgehead atoms. The van der Waals surface area contributed by atoms with Crippen molar-refractivity contribution in [1.82, 2.24) is 44.9 Å². The first-order chi connectivity index (χ1) is 35.6. The van der Waals surface area contributed by atoms with E-state index < -0.39 is 36.3 Å². The molecule has 5 aliphatic rings. The normalized spacial score (nSPS) is 24.8. The fourth-order valence-electron chi connectivity index (χ4n) is 12.1. The number of fused-ring (bicyclic) bond motifs is 6. The van der Waals surface area contributed by atoms with Crippen molar-refractivity contribution >= 4 is 46.2 Å². The number of halogens is 1. The molecule has 10 atom stereocenters. The number of ether oxygens (including phenoxy) is 4. The number of aromatic nitrogens is 5. The number of methoxy groups -OCH3 is 2. The standard InChI is InChI=1S/C55H64FN9O8S/c1-26(2)44-13-14-45(74-44)53-65-38-12-11-30(36-24-58-50(59-36)42-22-33-20-40(33)64(42)52(67)48(62-55(69)71-8)34-16-28(5)72-29(6)17-34)18-32(38)21-41(65)46-35(56)19-31(23-43(46)73-53)37-25-57-49(60-37)39-10-9-15-63(39)51(66)47(27(3)4)61-54(68)70-7/h11-14,18-19,21,23-29,33-34,39-40,42,47-48,53H,9-10,15-17,20,22H2,1-8H3,(H,57,60)(H,58,59)(H,61,68)(H,62,69)/t28-,29+,33-,34?,39+,40-,42+,47+,48?,53?/m1/s1. The monoisotopic (exact) mass is 1030 g/mol. The average molecular weight is 1030 g/mol. The molecule has 4 amide bonds. The van der Waals surface area contributed by atoms with Crippen molar-refractivity contribution in [3.63, 3.8) is 0 Å². The first-order valence-corrected chi connectivity index (χ1v) is 26.7. The van der Waals surface area contributed by atoms with Gasteiger partial charge in [-0.1, -0.05) is 33.8 Å². The van der Waals surface area contributed by atoms with Crippen LogP contribution >= 0.6 is 11.3 Å². The number of H-pyrrole nitrogens is 2. The average Bonchev–Trinajstić information content (AvgIpc) is 4.16. The summed E-state index contributed by atoms with van der Waals surface area (Å²) in [5.41, 5.74) is 4.65. The van der Waals surface area contributed by atoms with Gasteiger partial charge in [-0.15, -0.1) is 11.3 Å². The van der Waals surface area contributed by atoms with Crippen LogP contribution in [0.5, 0.6) is 5.75 Å². The van der Waals surface area contributed by atoms with E-state index in [2.05, 4.69) is 57.2 Å². The van der Waals surface area contributed by atoms with Crippen molar-refractivity contribution < 1.29 is 42.5 Å². The van der Waals surface area contributed by atoms with Crippen LogP contribution in [-0.2, 0) is 23.8 Å². The Morgan fingerprint density at radius 1 is 0.824 bits per heavy atom. The first kappa shape index (κ1) is 49.5. The van der Waals surface area contributed by atoms with E-state index in [-0.39, 0.29) is 54.0 Å². The fraction of sp³-hybridized carbons (Fsp3) is 0.491. The van der Waals surface area contributed by atoms with Crippen LogP contribution in [0, 0.1) is 23.6 Å². The van der Waals surface area contributed by atoms with Crippen LogP contribution in [0.25, 0.3) is 44.7 Å². The number of hydrogen-bond donors (Lipinski definition) is 4. The lowest BCUT2D eigenvalue weighted by atomic mass is 9.85. The molecule has 6 aromatic rings. The third-order valence-electron chi connectivity index (χ3n) is 15.7. The number of alkyl carbamates (subject to hydrolysis) is 2. The number of hydrogen-bond acceptors (Lipinski definition) is 11. The topological polar surface area (TPSA) is 198 Å². The molecule has 4 N–H and O–H groups in total. The maximum Gasteiger partial charge on any atom is 0.407 e. The van der Waals surface area contributed by atoms with Crippen LogP contribution in [0.3, 0.4) is 0 Å². The summed E-state index contributed by atoms with van der Waals surface area (Å²) in [4.78, 5) is 75.8. The van der Waals surface area contributed by atoms with E-state index in [0.717, 1.165) is 46.3 Å². The second-order valence-corrected chi connectivity index (χ2v) is 22.6. The van der Waals surface area contributed by atoms with Gasteiger partial charge in [-0.25, -0.2) is 23.9 Å². The highest BCUT2D eigenvalue weighted by Gasteiger charge is 2.57. The van der Waals surface area contributed by atoms with Crippen molar-refractivity contribution in [2.24, 2.45) is 17.8 Å². The second-order valence-electron chi connectivity index (χ2n) is 21.4. The van der Waals surface area contributed by atoms with E-state index in [1.807, 2.05) is 56.9 Å². The lowest BCUT2D eigenvalue weighted by Gasteiger charge is -2.38. The molecule has 4 aromatic heterocycles. The molecule has 0 radical (unpaired) electrons. The number of carbonyl (C=O) groups is 4. The summed E-state index contributed by atoms with van der Waals surface area (Å²) in [5.74, 6) is 1.22. The Morgan fingerprint density at radius 2 is 1.53 bits per heavy atom.